The van der Waals surface area contributed by atoms with E-state index in [1.807, 2.05) is 12.2 Å². The first kappa shape index (κ1) is 38.8. The van der Waals surface area contributed by atoms with Gasteiger partial charge in [-0.25, -0.2) is 23.2 Å². The zero-order valence-corrected chi connectivity index (χ0v) is 32.6. The van der Waals surface area contributed by atoms with E-state index in [0.717, 1.165) is 44.9 Å². The van der Waals surface area contributed by atoms with Crippen LogP contribution in [-0.2, 0) is 29.1 Å². The van der Waals surface area contributed by atoms with Crippen LogP contribution in [0.4, 0.5) is 4.79 Å². The molecule has 3 heterocycles. The third-order valence-electron chi connectivity index (χ3n) is 11.9. The molecule has 3 N–H and O–H groups in total. The molecule has 4 fully saturated rings. The number of hydrogen-bond donors (Lipinski definition) is 3. The van der Waals surface area contributed by atoms with Gasteiger partial charge in [0.25, 0.3) is 5.91 Å². The van der Waals surface area contributed by atoms with Gasteiger partial charge in [0.2, 0.25) is 27.7 Å². The van der Waals surface area contributed by atoms with Crippen LogP contribution in [0.5, 0.6) is 11.6 Å². The average Bonchev–Trinajstić information content (AvgIpc) is 4.04. The Bertz CT molecular complexity index is 1960. The maximum Gasteiger partial charge on any atom is 0.408 e. The van der Waals surface area contributed by atoms with Gasteiger partial charge >= 0.3 is 6.09 Å². The number of nitrogens with one attached hydrogen (secondary N) is 3. The van der Waals surface area contributed by atoms with E-state index in [2.05, 4.69) is 25.3 Å². The zero-order valence-electron chi connectivity index (χ0n) is 31.8. The predicted molar refractivity (Wildman–Crippen MR) is 202 cm³/mol. The highest BCUT2D eigenvalue weighted by molar-refractivity contribution is 7.91. The second-order valence-corrected chi connectivity index (χ2v) is 18.2. The molecule has 0 unspecified atom stereocenters. The predicted octanol–water partition coefficient (Wildman–Crippen LogP) is 4.12. The molecule has 2 aromatic rings. The van der Waals surface area contributed by atoms with Crippen LogP contribution in [0.15, 0.2) is 30.4 Å². The minimum atomic E-state index is -3.99. The minimum absolute atomic E-state index is 0.0146. The Morgan fingerprint density at radius 3 is 2.47 bits per heavy atom. The molecule has 0 bridgehead atoms. The number of nitrogens with zero attached hydrogens (tertiary/aromatic N) is 3. The van der Waals surface area contributed by atoms with Crippen LogP contribution >= 0.6 is 0 Å². The number of aromatic nitrogens is 2. The molecule has 1 saturated heterocycles. The van der Waals surface area contributed by atoms with Crippen molar-refractivity contribution in [1.29, 1.82) is 0 Å². The average molecular weight is 781 g/mol. The number of carbonyl (C=O) groups excluding carboxylic acids is 4. The number of benzene rings is 1. The van der Waals surface area contributed by atoms with Gasteiger partial charge in [-0.15, -0.1) is 0 Å². The Morgan fingerprint density at radius 2 is 1.73 bits per heavy atom. The second kappa shape index (κ2) is 15.6. The fourth-order valence-corrected chi connectivity index (χ4v) is 9.27. The van der Waals surface area contributed by atoms with E-state index >= 15 is 0 Å². The topological polar surface area (TPSA) is 195 Å². The maximum atomic E-state index is 14.6. The Balaban J connectivity index is 1.17. The monoisotopic (exact) mass is 780 g/mol. The maximum absolute atomic E-state index is 14.6. The first-order valence-electron chi connectivity index (χ1n) is 19.6. The molecule has 16 heteroatoms. The summed E-state index contributed by atoms with van der Waals surface area (Å²) in [7, 11) is -2.43. The third kappa shape index (κ3) is 8.38. The number of sulfonamides is 1. The summed E-state index contributed by atoms with van der Waals surface area (Å²) in [5.41, 5.74) is 0.179. The number of allylic oxidation sites excluding steroid dienone is 1. The number of methoxy groups -OCH3 is 1. The van der Waals surface area contributed by atoms with Gasteiger partial charge in [0.05, 0.1) is 29.4 Å². The highest BCUT2D eigenvalue weighted by Crippen LogP contribution is 2.47. The largest absolute Gasteiger partial charge is 0.497 e. The third-order valence-corrected chi connectivity index (χ3v) is 14.0. The number of alkyl carbamates (subject to hydrolysis) is 1. The summed E-state index contributed by atoms with van der Waals surface area (Å²) in [4.78, 5) is 66.8. The van der Waals surface area contributed by atoms with Crippen molar-refractivity contribution >= 4 is 44.9 Å². The standard InChI is InChI=1S/C39H52N6O9S/c1-24-34(41-31-20-27(52-3)16-17-29(31)40-24)53-28-21-32-33(46)43-39(36(48)44-55(50,51)38(2)18-19-38)22-25(39)12-8-5-4-6-11-15-30(35(47)45(32)23-28)42-37(49)54-26-13-9-7-10-14-26/h8,12,16-17,20,25-26,28,30,32H,4-7,9-11,13-15,18-19,21-23H2,1-3H3,(H,42,49)(H,43,46)(H,44,48)/b12-8+/t25-,28-,30+,32+,39-/m1/s1. The van der Waals surface area contributed by atoms with Gasteiger partial charge in [-0.2, -0.15) is 0 Å². The first-order chi connectivity index (χ1) is 26.3. The summed E-state index contributed by atoms with van der Waals surface area (Å²) in [6, 6.07) is 3.23. The van der Waals surface area contributed by atoms with Gasteiger partial charge in [0.1, 0.15) is 41.3 Å². The Labute approximate surface area is 321 Å². The molecule has 7 rings (SSSR count). The Kier molecular flexibility index (Phi) is 11.0. The summed E-state index contributed by atoms with van der Waals surface area (Å²) in [5, 5.41) is 5.72. The lowest BCUT2D eigenvalue weighted by atomic mass is 9.98. The fourth-order valence-electron chi connectivity index (χ4n) is 7.96. The fraction of sp³-hybridized carbons (Fsp3) is 0.641. The van der Waals surface area contributed by atoms with Gasteiger partial charge in [-0.3, -0.25) is 19.1 Å². The van der Waals surface area contributed by atoms with Crippen LogP contribution in [0.1, 0.15) is 103 Å². The van der Waals surface area contributed by atoms with Crippen molar-refractivity contribution in [2.75, 3.05) is 13.7 Å². The van der Waals surface area contributed by atoms with E-state index in [1.165, 1.54) is 4.90 Å². The number of fused-ring (bicyclic) bond motifs is 3. The molecule has 0 radical (unpaired) electrons. The Morgan fingerprint density at radius 1 is 0.982 bits per heavy atom. The molecule has 2 aliphatic heterocycles. The number of ether oxygens (including phenoxy) is 3. The molecule has 4 amide bonds. The van der Waals surface area contributed by atoms with Crippen molar-refractivity contribution in [3.05, 3.63) is 36.0 Å². The number of rotatable bonds is 8. The zero-order chi connectivity index (χ0) is 39.0. The van der Waals surface area contributed by atoms with E-state index in [1.54, 1.807) is 39.2 Å². The van der Waals surface area contributed by atoms with E-state index in [0.29, 0.717) is 54.6 Å². The summed E-state index contributed by atoms with van der Waals surface area (Å²) in [6.07, 6.45) is 11.2. The first-order valence-corrected chi connectivity index (χ1v) is 21.1. The van der Waals surface area contributed by atoms with Gasteiger partial charge in [0.15, 0.2) is 0 Å². The number of hydrogen-bond acceptors (Lipinski definition) is 11. The summed E-state index contributed by atoms with van der Waals surface area (Å²) >= 11 is 0. The molecule has 3 aliphatic carbocycles. The highest BCUT2D eigenvalue weighted by Gasteiger charge is 2.63. The molecule has 1 aromatic carbocycles. The van der Waals surface area contributed by atoms with Gasteiger partial charge in [0, 0.05) is 18.4 Å². The van der Waals surface area contributed by atoms with Crippen molar-refractivity contribution in [2.45, 2.75) is 138 Å². The molecule has 5 atom stereocenters. The van der Waals surface area contributed by atoms with Gasteiger partial charge < -0.3 is 29.7 Å². The van der Waals surface area contributed by atoms with Crippen LogP contribution in [-0.4, -0.2) is 95.3 Å². The van der Waals surface area contributed by atoms with E-state index in [-0.39, 0.29) is 31.4 Å². The number of carbonyl (C=O) groups is 4. The van der Waals surface area contributed by atoms with Gasteiger partial charge in [-0.05, 0) is 90.2 Å². The van der Waals surface area contributed by atoms with Gasteiger partial charge in [-0.1, -0.05) is 31.4 Å². The van der Waals surface area contributed by atoms with Crippen LogP contribution in [0.25, 0.3) is 11.0 Å². The van der Waals surface area contributed by atoms with Crippen molar-refractivity contribution in [3.63, 3.8) is 0 Å². The Hall–Kier alpha value is -4.47. The van der Waals surface area contributed by atoms with E-state index in [4.69, 9.17) is 14.2 Å². The minimum Gasteiger partial charge on any atom is -0.497 e. The summed E-state index contributed by atoms with van der Waals surface area (Å²) < 4.78 is 45.0. The molecule has 55 heavy (non-hydrogen) atoms. The molecule has 15 nitrogen and oxygen atoms in total. The van der Waals surface area contributed by atoms with Crippen LogP contribution in [0.3, 0.4) is 0 Å². The molecular formula is C39H52N6O9S. The second-order valence-electron chi connectivity index (χ2n) is 16.0. The number of amides is 4. The van der Waals surface area contributed by atoms with Crippen molar-refractivity contribution in [1.82, 2.24) is 30.2 Å². The van der Waals surface area contributed by atoms with Crippen molar-refractivity contribution < 1.29 is 41.8 Å². The quantitative estimate of drug-likeness (QED) is 0.326. The molecule has 0 spiro atoms. The lowest BCUT2D eigenvalue weighted by Gasteiger charge is -2.30. The molecule has 3 saturated carbocycles. The SMILES string of the molecule is COc1ccc2nc(C)c(O[C@@H]3C[C@H]4C(=O)N[C@]5(C(=O)NS(=O)(=O)C6(C)CC6)C[C@H]5/C=C/CCCCC[C@H](NC(=O)OC5CCCCC5)C(=O)N4C3)nc2c1. The summed E-state index contributed by atoms with van der Waals surface area (Å²) in [5.74, 6) is -1.49. The van der Waals surface area contributed by atoms with E-state index in [9.17, 15) is 27.6 Å². The van der Waals surface area contributed by atoms with Crippen molar-refractivity contribution in [3.8, 4) is 11.6 Å². The summed E-state index contributed by atoms with van der Waals surface area (Å²) in [6.45, 7) is 3.34. The molecular weight excluding hydrogens is 729 g/mol. The number of aryl methyl sites for hydroxylation is 1. The van der Waals surface area contributed by atoms with Crippen LogP contribution < -0.4 is 24.8 Å². The normalized spacial score (nSPS) is 29.0. The molecule has 298 valence electrons. The van der Waals surface area contributed by atoms with Crippen molar-refractivity contribution in [2.24, 2.45) is 5.92 Å². The lowest BCUT2D eigenvalue weighted by molar-refractivity contribution is -0.141. The smallest absolute Gasteiger partial charge is 0.408 e. The van der Waals surface area contributed by atoms with E-state index < -0.39 is 68.2 Å². The molecule has 1 aromatic heterocycles. The van der Waals surface area contributed by atoms with Crippen LogP contribution in [0, 0.1) is 12.8 Å². The van der Waals surface area contributed by atoms with Crippen LogP contribution in [0.2, 0.25) is 0 Å². The highest BCUT2D eigenvalue weighted by atomic mass is 32.2. The lowest BCUT2D eigenvalue weighted by Crippen LogP contribution is -2.58. The molecule has 5 aliphatic rings.